The number of nitrogens with two attached hydrogens (primary N) is 2. The second-order valence-electron chi connectivity index (χ2n) is 3.43. The van der Waals surface area contributed by atoms with Gasteiger partial charge in [-0.1, -0.05) is 12.8 Å². The Kier molecular flexibility index (Phi) is 13.3. The summed E-state index contributed by atoms with van der Waals surface area (Å²) in [5.74, 6) is -4.37. The average molecular weight is 479 g/mol. The molecular formula is C8H14ClN3O6Pt. The molecule has 1 fully saturated rings. The number of nitro groups is 1. The molecule has 19 heavy (non-hydrogen) atoms. The van der Waals surface area contributed by atoms with Crippen LogP contribution in [0, 0.1) is 10.1 Å². The number of rotatable bonds is 1. The minimum atomic E-state index is -2.19. The van der Waals surface area contributed by atoms with E-state index in [0.29, 0.717) is 0 Å². The number of carbonyl (C=O) groups is 2. The Hall–Kier alpha value is -0.762. The molecule has 0 heterocycles. The van der Waals surface area contributed by atoms with E-state index in [-0.39, 0.29) is 12.1 Å². The molecule has 9 nitrogen and oxygen atoms in total. The molecule has 0 spiro atoms. The van der Waals surface area contributed by atoms with Crippen molar-refractivity contribution in [3.05, 3.63) is 10.1 Å². The van der Waals surface area contributed by atoms with Crippen LogP contribution in [0.1, 0.15) is 25.7 Å². The van der Waals surface area contributed by atoms with Gasteiger partial charge in [-0.2, -0.15) is 0 Å². The monoisotopic (exact) mass is 478 g/mol. The van der Waals surface area contributed by atoms with Gasteiger partial charge in [0, 0.05) is 12.1 Å². The summed E-state index contributed by atoms with van der Waals surface area (Å²) in [4.78, 5) is 26.9. The van der Waals surface area contributed by atoms with Crippen molar-refractivity contribution in [3.8, 4) is 0 Å². The van der Waals surface area contributed by atoms with Gasteiger partial charge in [-0.3, -0.25) is 0 Å². The maximum atomic E-state index is 9.09. The van der Waals surface area contributed by atoms with E-state index in [1.54, 1.807) is 0 Å². The van der Waals surface area contributed by atoms with Crippen molar-refractivity contribution in [2.24, 2.45) is 11.5 Å². The molecule has 0 aromatic rings. The SMILES string of the molecule is N[C@@H]1CCCC[C@H]1N.O=C([O-])C(=O)[O-].O=[N+]([O-])[Pt+2][Cl]. The molecule has 1 rings (SSSR count). The third-order valence-corrected chi connectivity index (χ3v) is 3.11. The summed E-state index contributed by atoms with van der Waals surface area (Å²) < 4.78 is -0.498. The van der Waals surface area contributed by atoms with Crippen molar-refractivity contribution in [1.29, 1.82) is 0 Å². The molecule has 1 aliphatic carbocycles. The molecule has 0 bridgehead atoms. The number of hydrogen-bond acceptors (Lipinski definition) is 8. The van der Waals surface area contributed by atoms with Crippen molar-refractivity contribution in [2.45, 2.75) is 37.8 Å². The third-order valence-electron chi connectivity index (χ3n) is 2.09. The fourth-order valence-corrected chi connectivity index (χ4v) is 1.19. The Morgan fingerprint density at radius 2 is 1.37 bits per heavy atom. The predicted molar refractivity (Wildman–Crippen MR) is 57.3 cm³/mol. The van der Waals surface area contributed by atoms with Gasteiger partial charge in [0.1, 0.15) is 0 Å². The van der Waals surface area contributed by atoms with Crippen LogP contribution in [0.25, 0.3) is 0 Å². The van der Waals surface area contributed by atoms with Crippen LogP contribution in [0.4, 0.5) is 0 Å². The van der Waals surface area contributed by atoms with Crippen LogP contribution >= 0.6 is 9.42 Å². The van der Waals surface area contributed by atoms with Gasteiger partial charge in [0.15, 0.2) is 0 Å². The predicted octanol–water partition coefficient (Wildman–Crippen LogP) is -2.88. The van der Waals surface area contributed by atoms with E-state index in [2.05, 4.69) is 0 Å². The average Bonchev–Trinajstić information content (AvgIpc) is 2.34. The molecule has 0 aromatic heterocycles. The van der Waals surface area contributed by atoms with E-state index in [1.807, 2.05) is 0 Å². The Bertz CT molecular complexity index is 284. The normalized spacial score (nSPS) is 21.2. The zero-order chi connectivity index (χ0) is 15.4. The maximum absolute atomic E-state index is 9.09. The number of carbonyl (C=O) groups excluding carboxylic acids is 2. The van der Waals surface area contributed by atoms with Gasteiger partial charge in [0.25, 0.3) is 0 Å². The van der Waals surface area contributed by atoms with E-state index in [4.69, 9.17) is 50.8 Å². The van der Waals surface area contributed by atoms with Crippen molar-refractivity contribution in [3.63, 3.8) is 0 Å². The molecule has 1 aliphatic rings. The molecule has 0 unspecified atom stereocenters. The second kappa shape index (κ2) is 12.3. The first kappa shape index (κ1) is 20.6. The molecule has 0 amide bonds. The quantitative estimate of drug-likeness (QED) is 0.229. The second-order valence-corrected chi connectivity index (χ2v) is 5.52. The van der Waals surface area contributed by atoms with E-state index in [1.165, 1.54) is 12.8 Å². The number of nitrogens with zero attached hydrogens (tertiary/aromatic N) is 1. The van der Waals surface area contributed by atoms with Crippen LogP contribution in [-0.4, -0.2) is 27.5 Å². The Balaban J connectivity index is 0. The Labute approximate surface area is 122 Å². The van der Waals surface area contributed by atoms with Gasteiger partial charge in [0.05, 0.1) is 11.9 Å². The van der Waals surface area contributed by atoms with Crippen LogP contribution in [0.5, 0.6) is 0 Å². The van der Waals surface area contributed by atoms with Crippen molar-refractivity contribution in [2.75, 3.05) is 0 Å². The zero-order valence-corrected chi connectivity index (χ0v) is 12.8. The first-order chi connectivity index (χ1) is 8.72. The molecule has 1 saturated carbocycles. The Morgan fingerprint density at radius 1 is 1.11 bits per heavy atom. The summed E-state index contributed by atoms with van der Waals surface area (Å²) in [5.41, 5.74) is 11.3. The Morgan fingerprint density at radius 3 is 1.47 bits per heavy atom. The molecular weight excluding hydrogens is 465 g/mol. The summed E-state index contributed by atoms with van der Waals surface area (Å²) in [6, 6.07) is 0.562. The number of aliphatic carboxylic acids is 2. The standard InChI is InChI=1S/C6H14N2.C2H2O4.ClH.NO2.Pt/c7-5-3-1-2-4-6(5)8;3-1(4)2(5)6;;2-1-3;/h5-6H,1-4,7-8H2;(H,3,4)(H,5,6);1H;;/q;;;;+3/p-3/t5-,6-;;;;/m1..../s1. The summed E-state index contributed by atoms with van der Waals surface area (Å²) >= 11 is -1.27. The molecule has 0 aliphatic heterocycles. The van der Waals surface area contributed by atoms with Crippen molar-refractivity contribution in [1.82, 2.24) is 0 Å². The van der Waals surface area contributed by atoms with Crippen LogP contribution in [-0.2, 0) is 27.4 Å². The first-order valence-electron chi connectivity index (χ1n) is 5.01. The first-order valence-corrected chi connectivity index (χ1v) is 8.84. The number of carboxylic acid groups (broad SMARTS) is 2. The molecule has 0 radical (unpaired) electrons. The fourth-order valence-electron chi connectivity index (χ4n) is 1.19. The third kappa shape index (κ3) is 15.2. The van der Waals surface area contributed by atoms with Crippen molar-refractivity contribution < 1.29 is 41.1 Å². The van der Waals surface area contributed by atoms with E-state index < -0.39 is 33.2 Å². The van der Waals surface area contributed by atoms with Gasteiger partial charge >= 0.3 is 40.8 Å². The summed E-state index contributed by atoms with van der Waals surface area (Å²) in [5, 5.41) is 26.9. The van der Waals surface area contributed by atoms with E-state index in [9.17, 15) is 0 Å². The van der Waals surface area contributed by atoms with E-state index >= 15 is 0 Å². The molecule has 11 heteroatoms. The van der Waals surface area contributed by atoms with Gasteiger partial charge in [-0.15, -0.1) is 0 Å². The summed E-state index contributed by atoms with van der Waals surface area (Å²) in [6.45, 7) is 0. The fraction of sp³-hybridized carbons (Fsp3) is 0.750. The van der Waals surface area contributed by atoms with Crippen LogP contribution in [0.2, 0.25) is 0 Å². The van der Waals surface area contributed by atoms with Gasteiger partial charge < -0.3 is 31.3 Å². The zero-order valence-electron chi connectivity index (χ0n) is 9.73. The van der Waals surface area contributed by atoms with Crippen LogP contribution < -0.4 is 21.7 Å². The van der Waals surface area contributed by atoms with Crippen molar-refractivity contribution >= 4 is 21.4 Å². The number of halogens is 1. The summed E-state index contributed by atoms with van der Waals surface area (Å²) in [6.07, 6.45) is 4.80. The van der Waals surface area contributed by atoms with Gasteiger partial charge in [-0.05, 0) is 12.8 Å². The van der Waals surface area contributed by atoms with Gasteiger partial charge in [-0.25, -0.2) is 0 Å². The summed E-state index contributed by atoms with van der Waals surface area (Å²) in [7, 11) is 4.75. The topological polar surface area (TPSA) is 175 Å². The van der Waals surface area contributed by atoms with E-state index in [0.717, 1.165) is 12.8 Å². The molecule has 114 valence electrons. The van der Waals surface area contributed by atoms with Crippen LogP contribution in [0.15, 0.2) is 0 Å². The van der Waals surface area contributed by atoms with Gasteiger partial charge in [0.2, 0.25) is 0 Å². The molecule has 2 atom stereocenters. The minimum absolute atomic E-state index is 0.281. The molecule has 0 aromatic carbocycles. The van der Waals surface area contributed by atoms with Crippen LogP contribution in [0.3, 0.4) is 0 Å². The number of hydrogen-bond donors (Lipinski definition) is 2. The number of carboxylic acids is 2. The molecule has 0 saturated heterocycles. The molecule has 4 N–H and O–H groups in total.